The summed E-state index contributed by atoms with van der Waals surface area (Å²) < 4.78 is 0. The van der Waals surface area contributed by atoms with Gasteiger partial charge in [0.1, 0.15) is 0 Å². The highest BCUT2D eigenvalue weighted by molar-refractivity contribution is 5.06. The van der Waals surface area contributed by atoms with Crippen molar-refractivity contribution in [2.24, 2.45) is 23.2 Å². The standard InChI is InChI=1S/C14H25NO/c1-10(2)12-5-7-14(9-15,8-6-12)13(16)11(3)4/h10-13,16H,5-8H2,1-4H3. The van der Waals surface area contributed by atoms with Gasteiger partial charge in [0.15, 0.2) is 0 Å². The molecule has 1 unspecified atom stereocenters. The fourth-order valence-electron chi connectivity index (χ4n) is 2.93. The van der Waals surface area contributed by atoms with Gasteiger partial charge < -0.3 is 5.11 Å². The maximum atomic E-state index is 10.2. The molecule has 2 heteroatoms. The number of nitriles is 1. The molecule has 1 saturated carbocycles. The van der Waals surface area contributed by atoms with Crippen molar-refractivity contribution in [2.45, 2.75) is 59.5 Å². The molecule has 1 fully saturated rings. The molecule has 0 aromatic carbocycles. The number of hydrogen-bond donors (Lipinski definition) is 1. The summed E-state index contributed by atoms with van der Waals surface area (Å²) in [7, 11) is 0. The van der Waals surface area contributed by atoms with Crippen molar-refractivity contribution in [1.29, 1.82) is 5.26 Å². The first-order chi connectivity index (χ1) is 7.43. The van der Waals surface area contributed by atoms with Crippen LogP contribution >= 0.6 is 0 Å². The smallest absolute Gasteiger partial charge is 0.0835 e. The van der Waals surface area contributed by atoms with Crippen LogP contribution in [0.1, 0.15) is 53.4 Å². The van der Waals surface area contributed by atoms with E-state index in [1.54, 1.807) is 0 Å². The summed E-state index contributed by atoms with van der Waals surface area (Å²) in [6, 6.07) is 2.41. The Hall–Kier alpha value is -0.550. The zero-order valence-electron chi connectivity index (χ0n) is 11.0. The maximum absolute atomic E-state index is 10.2. The molecule has 1 rings (SSSR count). The maximum Gasteiger partial charge on any atom is 0.0835 e. The van der Waals surface area contributed by atoms with E-state index in [2.05, 4.69) is 19.9 Å². The molecule has 0 radical (unpaired) electrons. The predicted octanol–water partition coefficient (Wildman–Crippen LogP) is 3.36. The van der Waals surface area contributed by atoms with Crippen LogP contribution in [0.3, 0.4) is 0 Å². The minimum Gasteiger partial charge on any atom is -0.391 e. The number of rotatable bonds is 3. The van der Waals surface area contributed by atoms with Crippen LogP contribution in [0.15, 0.2) is 0 Å². The molecule has 0 heterocycles. The van der Waals surface area contributed by atoms with E-state index in [4.69, 9.17) is 0 Å². The molecule has 1 aliphatic rings. The van der Waals surface area contributed by atoms with Crippen LogP contribution in [0.25, 0.3) is 0 Å². The third-order valence-electron chi connectivity index (χ3n) is 4.29. The molecule has 0 aromatic heterocycles. The van der Waals surface area contributed by atoms with Crippen molar-refractivity contribution in [2.75, 3.05) is 0 Å². The van der Waals surface area contributed by atoms with Crippen molar-refractivity contribution in [3.8, 4) is 6.07 Å². The van der Waals surface area contributed by atoms with Crippen molar-refractivity contribution < 1.29 is 5.11 Å². The van der Waals surface area contributed by atoms with Gasteiger partial charge >= 0.3 is 0 Å². The summed E-state index contributed by atoms with van der Waals surface area (Å²) in [4.78, 5) is 0. The summed E-state index contributed by atoms with van der Waals surface area (Å²) in [5.74, 6) is 1.61. The molecule has 0 bridgehead atoms. The van der Waals surface area contributed by atoms with Gasteiger partial charge in [0.2, 0.25) is 0 Å². The Kier molecular flexibility index (Phi) is 4.38. The molecule has 0 amide bonds. The molecular weight excluding hydrogens is 198 g/mol. The van der Waals surface area contributed by atoms with E-state index in [0.717, 1.165) is 31.6 Å². The second-order valence-corrected chi connectivity index (χ2v) is 6.04. The van der Waals surface area contributed by atoms with Crippen molar-refractivity contribution in [3.05, 3.63) is 0 Å². The largest absolute Gasteiger partial charge is 0.391 e. The monoisotopic (exact) mass is 223 g/mol. The molecule has 1 aliphatic carbocycles. The lowest BCUT2D eigenvalue weighted by molar-refractivity contribution is -0.00916. The Morgan fingerprint density at radius 1 is 1.19 bits per heavy atom. The predicted molar refractivity (Wildman–Crippen MR) is 65.7 cm³/mol. The second kappa shape index (κ2) is 5.19. The highest BCUT2D eigenvalue weighted by Crippen LogP contribution is 2.44. The first-order valence-corrected chi connectivity index (χ1v) is 6.52. The first-order valence-electron chi connectivity index (χ1n) is 6.52. The van der Waals surface area contributed by atoms with E-state index < -0.39 is 11.5 Å². The van der Waals surface area contributed by atoms with Crippen LogP contribution in [0, 0.1) is 34.5 Å². The minimum atomic E-state index is -0.473. The van der Waals surface area contributed by atoms with Crippen LogP contribution in [0.5, 0.6) is 0 Å². The number of aliphatic hydroxyl groups is 1. The molecule has 16 heavy (non-hydrogen) atoms. The first kappa shape index (κ1) is 13.5. The molecule has 0 aliphatic heterocycles. The second-order valence-electron chi connectivity index (χ2n) is 6.04. The summed E-state index contributed by atoms with van der Waals surface area (Å²) >= 11 is 0. The molecule has 0 spiro atoms. The van der Waals surface area contributed by atoms with Gasteiger partial charge in [0, 0.05) is 0 Å². The number of hydrogen-bond acceptors (Lipinski definition) is 2. The van der Waals surface area contributed by atoms with Gasteiger partial charge in [-0.2, -0.15) is 5.26 Å². The summed E-state index contributed by atoms with van der Waals surface area (Å²) in [6.07, 6.45) is 3.45. The lowest BCUT2D eigenvalue weighted by Gasteiger charge is -2.40. The molecule has 0 aromatic rings. The van der Waals surface area contributed by atoms with Gasteiger partial charge in [-0.3, -0.25) is 0 Å². The minimum absolute atomic E-state index is 0.176. The third kappa shape index (κ3) is 2.58. The molecule has 1 N–H and O–H groups in total. The van der Waals surface area contributed by atoms with Crippen molar-refractivity contribution in [1.82, 2.24) is 0 Å². The van der Waals surface area contributed by atoms with Crippen LogP contribution in [0.4, 0.5) is 0 Å². The fourth-order valence-corrected chi connectivity index (χ4v) is 2.93. The molecule has 92 valence electrons. The van der Waals surface area contributed by atoms with E-state index in [1.165, 1.54) is 0 Å². The zero-order chi connectivity index (χ0) is 12.3. The fraction of sp³-hybridized carbons (Fsp3) is 0.929. The van der Waals surface area contributed by atoms with Crippen LogP contribution in [0.2, 0.25) is 0 Å². The lowest BCUT2D eigenvalue weighted by atomic mass is 9.64. The molecule has 2 nitrogen and oxygen atoms in total. The van der Waals surface area contributed by atoms with E-state index in [0.29, 0.717) is 5.92 Å². The zero-order valence-corrected chi connectivity index (χ0v) is 11.0. The van der Waals surface area contributed by atoms with E-state index >= 15 is 0 Å². The van der Waals surface area contributed by atoms with Crippen LogP contribution in [-0.2, 0) is 0 Å². The number of aliphatic hydroxyl groups excluding tert-OH is 1. The van der Waals surface area contributed by atoms with Gasteiger partial charge in [0.05, 0.1) is 17.6 Å². The summed E-state index contributed by atoms with van der Waals surface area (Å²) in [5, 5.41) is 19.6. The molecular formula is C14H25NO. The van der Waals surface area contributed by atoms with Crippen LogP contribution in [-0.4, -0.2) is 11.2 Å². The van der Waals surface area contributed by atoms with E-state index in [-0.39, 0.29) is 5.92 Å². The number of nitrogens with zero attached hydrogens (tertiary/aromatic N) is 1. The van der Waals surface area contributed by atoms with Gasteiger partial charge in [0.25, 0.3) is 0 Å². The summed E-state index contributed by atoms with van der Waals surface area (Å²) in [5.41, 5.74) is -0.473. The van der Waals surface area contributed by atoms with Crippen molar-refractivity contribution in [3.63, 3.8) is 0 Å². The Morgan fingerprint density at radius 2 is 1.69 bits per heavy atom. The Balaban J connectivity index is 2.70. The van der Waals surface area contributed by atoms with Crippen LogP contribution < -0.4 is 0 Å². The van der Waals surface area contributed by atoms with Gasteiger partial charge in [-0.1, -0.05) is 27.7 Å². The SMILES string of the molecule is CC(C)C1CCC(C#N)(C(O)C(C)C)CC1. The highest BCUT2D eigenvalue weighted by Gasteiger charge is 2.43. The van der Waals surface area contributed by atoms with Gasteiger partial charge in [-0.05, 0) is 43.4 Å². The van der Waals surface area contributed by atoms with Crippen molar-refractivity contribution >= 4 is 0 Å². The Bertz CT molecular complexity index is 256. The Labute approximate surface area is 99.7 Å². The average Bonchev–Trinajstić information content (AvgIpc) is 2.27. The molecule has 0 saturated heterocycles. The van der Waals surface area contributed by atoms with E-state index in [9.17, 15) is 10.4 Å². The van der Waals surface area contributed by atoms with Gasteiger partial charge in [-0.15, -0.1) is 0 Å². The quantitative estimate of drug-likeness (QED) is 0.797. The topological polar surface area (TPSA) is 44.0 Å². The van der Waals surface area contributed by atoms with E-state index in [1.807, 2.05) is 13.8 Å². The highest BCUT2D eigenvalue weighted by atomic mass is 16.3. The summed E-state index contributed by atoms with van der Waals surface area (Å²) in [6.45, 7) is 8.50. The normalized spacial score (nSPS) is 32.8. The molecule has 1 atom stereocenters. The average molecular weight is 223 g/mol. The Morgan fingerprint density at radius 3 is 2.00 bits per heavy atom. The van der Waals surface area contributed by atoms with Gasteiger partial charge in [-0.25, -0.2) is 0 Å². The third-order valence-corrected chi connectivity index (χ3v) is 4.29. The lowest BCUT2D eigenvalue weighted by Crippen LogP contribution is -2.41.